The Hall–Kier alpha value is -1.77. The van der Waals surface area contributed by atoms with E-state index in [2.05, 4.69) is 55.3 Å². The van der Waals surface area contributed by atoms with Crippen molar-refractivity contribution in [3.05, 3.63) is 35.6 Å². The van der Waals surface area contributed by atoms with Crippen LogP contribution in [0.2, 0.25) is 0 Å². The molecule has 1 aromatic carbocycles. The molecule has 0 spiro atoms. The largest absolute Gasteiger partial charge is 0.428 e. The Morgan fingerprint density at radius 1 is 1.11 bits per heavy atom. The van der Waals surface area contributed by atoms with Crippen molar-refractivity contribution >= 4 is 6.01 Å². The van der Waals surface area contributed by atoms with E-state index in [1.807, 2.05) is 6.92 Å². The number of oxazole rings is 1. The summed E-state index contributed by atoms with van der Waals surface area (Å²) in [6.07, 6.45) is 0. The van der Waals surface area contributed by atoms with Crippen molar-refractivity contribution in [1.29, 1.82) is 0 Å². The van der Waals surface area contributed by atoms with Gasteiger partial charge in [0, 0.05) is 12.6 Å². The normalized spacial score (nSPS) is 11.6. The lowest BCUT2D eigenvalue weighted by atomic mass is 9.86. The minimum absolute atomic E-state index is 0.174. The highest BCUT2D eigenvalue weighted by Crippen LogP contribution is 2.28. The van der Waals surface area contributed by atoms with Crippen molar-refractivity contribution in [3.63, 3.8) is 0 Å². The number of nitrogens with zero attached hydrogens (tertiary/aromatic N) is 1. The van der Waals surface area contributed by atoms with Crippen molar-refractivity contribution in [2.45, 2.75) is 33.1 Å². The molecule has 0 saturated heterocycles. The molecular weight excluding hydrogens is 224 g/mol. The molecule has 0 fully saturated rings. The van der Waals surface area contributed by atoms with E-state index in [1.54, 1.807) is 7.05 Å². The van der Waals surface area contributed by atoms with Gasteiger partial charge in [0.15, 0.2) is 0 Å². The first kappa shape index (κ1) is 12.7. The summed E-state index contributed by atoms with van der Waals surface area (Å²) in [5, 5.41) is 2.92. The standard InChI is InChI=1S/C15H20N2O/c1-10-13(17-14(16-5)18-10)11-6-8-12(9-7-11)15(2,3)4/h6-9H,1-5H3,(H,16,17). The molecular formula is C15H20N2O. The molecule has 0 bridgehead atoms. The van der Waals surface area contributed by atoms with Gasteiger partial charge in [0.05, 0.1) is 0 Å². The van der Waals surface area contributed by atoms with Gasteiger partial charge < -0.3 is 9.73 Å². The molecule has 2 aromatic rings. The SMILES string of the molecule is CNc1nc(-c2ccc(C(C)(C)C)cc2)c(C)o1. The summed E-state index contributed by atoms with van der Waals surface area (Å²) in [6, 6.07) is 9.07. The molecule has 0 unspecified atom stereocenters. The Morgan fingerprint density at radius 3 is 2.17 bits per heavy atom. The van der Waals surface area contributed by atoms with Gasteiger partial charge >= 0.3 is 0 Å². The van der Waals surface area contributed by atoms with Gasteiger partial charge in [-0.1, -0.05) is 45.0 Å². The fraction of sp³-hybridized carbons (Fsp3) is 0.400. The zero-order chi connectivity index (χ0) is 13.3. The van der Waals surface area contributed by atoms with Crippen LogP contribution in [0.3, 0.4) is 0 Å². The molecule has 2 rings (SSSR count). The highest BCUT2D eigenvalue weighted by Gasteiger charge is 2.15. The number of aromatic nitrogens is 1. The molecule has 18 heavy (non-hydrogen) atoms. The van der Waals surface area contributed by atoms with E-state index in [9.17, 15) is 0 Å². The van der Waals surface area contributed by atoms with Gasteiger partial charge in [-0.15, -0.1) is 0 Å². The first-order chi connectivity index (χ1) is 8.41. The Bertz CT molecular complexity index is 533. The van der Waals surface area contributed by atoms with Crippen LogP contribution in [0.1, 0.15) is 32.1 Å². The van der Waals surface area contributed by atoms with Crippen LogP contribution >= 0.6 is 0 Å². The van der Waals surface area contributed by atoms with Crippen LogP contribution in [0.4, 0.5) is 6.01 Å². The maximum atomic E-state index is 5.49. The number of benzene rings is 1. The summed E-state index contributed by atoms with van der Waals surface area (Å²) in [6.45, 7) is 8.56. The molecule has 1 N–H and O–H groups in total. The molecule has 0 aliphatic carbocycles. The summed E-state index contributed by atoms with van der Waals surface area (Å²) in [4.78, 5) is 4.41. The van der Waals surface area contributed by atoms with E-state index in [1.165, 1.54) is 5.56 Å². The quantitative estimate of drug-likeness (QED) is 0.868. The molecule has 96 valence electrons. The van der Waals surface area contributed by atoms with Gasteiger partial charge in [-0.2, -0.15) is 4.98 Å². The molecule has 0 radical (unpaired) electrons. The fourth-order valence-electron chi connectivity index (χ4n) is 1.90. The maximum absolute atomic E-state index is 5.49. The van der Waals surface area contributed by atoms with Crippen molar-refractivity contribution in [2.75, 3.05) is 12.4 Å². The van der Waals surface area contributed by atoms with Gasteiger partial charge in [-0.05, 0) is 17.9 Å². The lowest BCUT2D eigenvalue weighted by Crippen LogP contribution is -2.10. The third-order valence-corrected chi connectivity index (χ3v) is 3.03. The Labute approximate surface area is 108 Å². The van der Waals surface area contributed by atoms with Crippen molar-refractivity contribution < 1.29 is 4.42 Å². The second-order valence-corrected chi connectivity index (χ2v) is 5.50. The molecule has 0 amide bonds. The monoisotopic (exact) mass is 244 g/mol. The summed E-state index contributed by atoms with van der Waals surface area (Å²) in [5.74, 6) is 0.836. The van der Waals surface area contributed by atoms with Crippen LogP contribution in [0.15, 0.2) is 28.7 Å². The van der Waals surface area contributed by atoms with Gasteiger partial charge in [-0.25, -0.2) is 0 Å². The van der Waals surface area contributed by atoms with Crippen molar-refractivity contribution in [3.8, 4) is 11.3 Å². The number of hydrogen-bond acceptors (Lipinski definition) is 3. The van der Waals surface area contributed by atoms with Crippen LogP contribution in [0.5, 0.6) is 0 Å². The number of nitrogens with one attached hydrogen (secondary N) is 1. The lowest BCUT2D eigenvalue weighted by Gasteiger charge is -2.18. The highest BCUT2D eigenvalue weighted by molar-refractivity contribution is 5.63. The molecule has 0 saturated carbocycles. The third-order valence-electron chi connectivity index (χ3n) is 3.03. The summed E-state index contributed by atoms with van der Waals surface area (Å²) >= 11 is 0. The Kier molecular flexibility index (Phi) is 3.16. The second kappa shape index (κ2) is 4.48. The van der Waals surface area contributed by atoms with E-state index in [4.69, 9.17) is 4.42 Å². The predicted octanol–water partition coefficient (Wildman–Crippen LogP) is 3.99. The first-order valence-corrected chi connectivity index (χ1v) is 6.18. The predicted molar refractivity (Wildman–Crippen MR) is 74.9 cm³/mol. The summed E-state index contributed by atoms with van der Waals surface area (Å²) < 4.78 is 5.49. The third kappa shape index (κ3) is 2.40. The molecule has 3 heteroatoms. The van der Waals surface area contributed by atoms with Gasteiger partial charge in [0.1, 0.15) is 11.5 Å². The number of aryl methyl sites for hydroxylation is 1. The minimum atomic E-state index is 0.174. The molecule has 0 aliphatic rings. The van der Waals surface area contributed by atoms with E-state index < -0.39 is 0 Å². The smallest absolute Gasteiger partial charge is 0.295 e. The van der Waals surface area contributed by atoms with Crippen LogP contribution < -0.4 is 5.32 Å². The topological polar surface area (TPSA) is 38.1 Å². The molecule has 3 nitrogen and oxygen atoms in total. The van der Waals surface area contributed by atoms with Gasteiger partial charge in [0.2, 0.25) is 0 Å². The van der Waals surface area contributed by atoms with E-state index in [0.29, 0.717) is 6.01 Å². The van der Waals surface area contributed by atoms with E-state index in [0.717, 1.165) is 17.0 Å². The molecule has 1 heterocycles. The highest BCUT2D eigenvalue weighted by atomic mass is 16.4. The first-order valence-electron chi connectivity index (χ1n) is 6.18. The number of rotatable bonds is 2. The van der Waals surface area contributed by atoms with E-state index in [-0.39, 0.29) is 5.41 Å². The van der Waals surface area contributed by atoms with Crippen molar-refractivity contribution in [1.82, 2.24) is 4.98 Å². The van der Waals surface area contributed by atoms with Crippen LogP contribution in [0, 0.1) is 6.92 Å². The molecule has 1 aromatic heterocycles. The zero-order valence-electron chi connectivity index (χ0n) is 11.7. The van der Waals surface area contributed by atoms with Gasteiger partial charge in [0.25, 0.3) is 6.01 Å². The fourth-order valence-corrected chi connectivity index (χ4v) is 1.90. The molecule has 0 aliphatic heterocycles. The minimum Gasteiger partial charge on any atom is -0.428 e. The average Bonchev–Trinajstić information content (AvgIpc) is 2.70. The Balaban J connectivity index is 2.37. The average molecular weight is 244 g/mol. The van der Waals surface area contributed by atoms with Crippen molar-refractivity contribution in [2.24, 2.45) is 0 Å². The zero-order valence-corrected chi connectivity index (χ0v) is 11.7. The van der Waals surface area contributed by atoms with Crippen LogP contribution in [-0.2, 0) is 5.41 Å². The van der Waals surface area contributed by atoms with Crippen LogP contribution in [-0.4, -0.2) is 12.0 Å². The number of anilines is 1. The maximum Gasteiger partial charge on any atom is 0.295 e. The lowest BCUT2D eigenvalue weighted by molar-refractivity contribution is 0.544. The van der Waals surface area contributed by atoms with Gasteiger partial charge in [-0.3, -0.25) is 0 Å². The Morgan fingerprint density at radius 2 is 1.72 bits per heavy atom. The summed E-state index contributed by atoms with van der Waals surface area (Å²) in [5.41, 5.74) is 3.49. The van der Waals surface area contributed by atoms with E-state index >= 15 is 0 Å². The number of hydrogen-bond donors (Lipinski definition) is 1. The summed E-state index contributed by atoms with van der Waals surface area (Å²) in [7, 11) is 1.80. The second-order valence-electron chi connectivity index (χ2n) is 5.50. The molecule has 0 atom stereocenters. The van der Waals surface area contributed by atoms with Crippen LogP contribution in [0.25, 0.3) is 11.3 Å².